The van der Waals surface area contributed by atoms with Crippen LogP contribution in [0.5, 0.6) is 5.75 Å². The van der Waals surface area contributed by atoms with Gasteiger partial charge >= 0.3 is 0 Å². The van der Waals surface area contributed by atoms with Crippen LogP contribution < -0.4 is 4.74 Å². The Labute approximate surface area is 112 Å². The average Bonchev–Trinajstić information content (AvgIpc) is 2.81. The maximum atomic E-state index is 5.75. The summed E-state index contributed by atoms with van der Waals surface area (Å²) in [4.78, 5) is 7.85. The molecule has 3 aromatic rings. The predicted octanol–water partition coefficient (Wildman–Crippen LogP) is 3.76. The Bertz CT molecular complexity index is 716. The van der Waals surface area contributed by atoms with E-state index >= 15 is 0 Å². The number of nitrogens with zero attached hydrogens (tertiary/aromatic N) is 1. The molecule has 0 saturated heterocycles. The van der Waals surface area contributed by atoms with Crippen LogP contribution in [0.25, 0.3) is 11.0 Å². The number of aromatic nitrogens is 2. The minimum atomic E-state index is 0.456. The van der Waals surface area contributed by atoms with Crippen LogP contribution in [0.1, 0.15) is 17.0 Å². The number of hydrogen-bond donors (Lipinski definition) is 1. The molecule has 1 aromatic heterocycles. The van der Waals surface area contributed by atoms with E-state index in [1.807, 2.05) is 30.3 Å². The number of hydrogen-bond acceptors (Lipinski definition) is 2. The van der Waals surface area contributed by atoms with Gasteiger partial charge in [0.25, 0.3) is 0 Å². The molecule has 3 heteroatoms. The van der Waals surface area contributed by atoms with Gasteiger partial charge in [-0.1, -0.05) is 24.3 Å². The molecular formula is C16H16N2O. The Morgan fingerprint density at radius 1 is 1.11 bits per heavy atom. The molecule has 0 aliphatic carbocycles. The van der Waals surface area contributed by atoms with E-state index in [4.69, 9.17) is 4.74 Å². The molecule has 0 aliphatic rings. The van der Waals surface area contributed by atoms with Gasteiger partial charge in [0.1, 0.15) is 18.2 Å². The Kier molecular flexibility index (Phi) is 2.95. The highest BCUT2D eigenvalue weighted by Gasteiger charge is 2.05. The average molecular weight is 252 g/mol. The maximum absolute atomic E-state index is 5.75. The fraction of sp³-hybridized carbons (Fsp3) is 0.188. The van der Waals surface area contributed by atoms with E-state index in [2.05, 4.69) is 35.9 Å². The van der Waals surface area contributed by atoms with Crippen molar-refractivity contribution in [2.75, 3.05) is 0 Å². The molecule has 0 aliphatic heterocycles. The van der Waals surface area contributed by atoms with Gasteiger partial charge in [0, 0.05) is 0 Å². The molecule has 19 heavy (non-hydrogen) atoms. The molecule has 0 amide bonds. The van der Waals surface area contributed by atoms with Gasteiger partial charge in [-0.05, 0) is 43.2 Å². The van der Waals surface area contributed by atoms with E-state index < -0.39 is 0 Å². The van der Waals surface area contributed by atoms with Crippen molar-refractivity contribution in [3.05, 3.63) is 59.4 Å². The van der Waals surface area contributed by atoms with Crippen molar-refractivity contribution in [2.24, 2.45) is 0 Å². The SMILES string of the molecule is Cc1cccc(OCc2nc3c(C)cccc3[nH]2)c1. The van der Waals surface area contributed by atoms with Crippen molar-refractivity contribution < 1.29 is 4.74 Å². The molecule has 0 bridgehead atoms. The first-order valence-corrected chi connectivity index (χ1v) is 6.36. The molecule has 0 spiro atoms. The summed E-state index contributed by atoms with van der Waals surface area (Å²) in [6.07, 6.45) is 0. The molecule has 0 fully saturated rings. The van der Waals surface area contributed by atoms with E-state index in [9.17, 15) is 0 Å². The topological polar surface area (TPSA) is 37.9 Å². The van der Waals surface area contributed by atoms with Crippen molar-refractivity contribution in [1.82, 2.24) is 9.97 Å². The zero-order chi connectivity index (χ0) is 13.2. The van der Waals surface area contributed by atoms with Crippen LogP contribution in [0, 0.1) is 13.8 Å². The molecule has 3 rings (SSSR count). The maximum Gasteiger partial charge on any atom is 0.146 e. The number of benzene rings is 2. The minimum absolute atomic E-state index is 0.456. The highest BCUT2D eigenvalue weighted by atomic mass is 16.5. The molecule has 3 nitrogen and oxygen atoms in total. The number of ether oxygens (including phenoxy) is 1. The highest BCUT2D eigenvalue weighted by molar-refractivity contribution is 5.78. The van der Waals surface area contributed by atoms with Crippen molar-refractivity contribution >= 4 is 11.0 Å². The van der Waals surface area contributed by atoms with Crippen LogP contribution in [0.15, 0.2) is 42.5 Å². The van der Waals surface area contributed by atoms with Crippen molar-refractivity contribution in [2.45, 2.75) is 20.5 Å². The molecule has 2 aromatic carbocycles. The number of para-hydroxylation sites is 1. The lowest BCUT2D eigenvalue weighted by atomic mass is 10.2. The first-order valence-electron chi connectivity index (χ1n) is 6.36. The van der Waals surface area contributed by atoms with Crippen LogP contribution in [0.2, 0.25) is 0 Å². The van der Waals surface area contributed by atoms with Gasteiger partial charge in [0.15, 0.2) is 0 Å². The summed E-state index contributed by atoms with van der Waals surface area (Å²) >= 11 is 0. The Morgan fingerprint density at radius 2 is 1.95 bits per heavy atom. The number of imidazole rings is 1. The Balaban J connectivity index is 1.80. The van der Waals surface area contributed by atoms with Gasteiger partial charge in [0.05, 0.1) is 11.0 Å². The molecule has 1 N–H and O–H groups in total. The molecular weight excluding hydrogens is 236 g/mol. The number of fused-ring (bicyclic) bond motifs is 1. The monoisotopic (exact) mass is 252 g/mol. The van der Waals surface area contributed by atoms with Crippen molar-refractivity contribution in [1.29, 1.82) is 0 Å². The fourth-order valence-electron chi connectivity index (χ4n) is 2.15. The van der Waals surface area contributed by atoms with Crippen LogP contribution in [-0.2, 0) is 6.61 Å². The summed E-state index contributed by atoms with van der Waals surface area (Å²) in [7, 11) is 0. The van der Waals surface area contributed by atoms with E-state index in [1.54, 1.807) is 0 Å². The van der Waals surface area contributed by atoms with Gasteiger partial charge in [-0.15, -0.1) is 0 Å². The lowest BCUT2D eigenvalue weighted by Crippen LogP contribution is -1.97. The van der Waals surface area contributed by atoms with Gasteiger partial charge < -0.3 is 9.72 Å². The lowest BCUT2D eigenvalue weighted by Gasteiger charge is -2.04. The third-order valence-corrected chi connectivity index (χ3v) is 3.13. The zero-order valence-electron chi connectivity index (χ0n) is 11.1. The summed E-state index contributed by atoms with van der Waals surface area (Å²) in [5.41, 5.74) is 4.45. The van der Waals surface area contributed by atoms with E-state index in [0.29, 0.717) is 6.61 Å². The Morgan fingerprint density at radius 3 is 2.74 bits per heavy atom. The second-order valence-electron chi connectivity index (χ2n) is 4.76. The third-order valence-electron chi connectivity index (χ3n) is 3.13. The molecule has 0 atom stereocenters. The van der Waals surface area contributed by atoms with E-state index in [1.165, 1.54) is 11.1 Å². The van der Waals surface area contributed by atoms with Crippen molar-refractivity contribution in [3.63, 3.8) is 0 Å². The van der Waals surface area contributed by atoms with Crippen LogP contribution in [0.3, 0.4) is 0 Å². The van der Waals surface area contributed by atoms with Gasteiger partial charge in [-0.2, -0.15) is 0 Å². The first kappa shape index (κ1) is 11.8. The van der Waals surface area contributed by atoms with Crippen molar-refractivity contribution in [3.8, 4) is 5.75 Å². The predicted molar refractivity (Wildman–Crippen MR) is 76.3 cm³/mol. The summed E-state index contributed by atoms with van der Waals surface area (Å²) in [6, 6.07) is 14.2. The molecule has 0 unspecified atom stereocenters. The fourth-order valence-corrected chi connectivity index (χ4v) is 2.15. The molecule has 1 heterocycles. The summed E-state index contributed by atoms with van der Waals surface area (Å²) < 4.78 is 5.75. The summed E-state index contributed by atoms with van der Waals surface area (Å²) in [5.74, 6) is 1.72. The number of nitrogens with one attached hydrogen (secondary N) is 1. The quantitative estimate of drug-likeness (QED) is 0.770. The highest BCUT2D eigenvalue weighted by Crippen LogP contribution is 2.17. The van der Waals surface area contributed by atoms with E-state index in [0.717, 1.165) is 22.6 Å². The van der Waals surface area contributed by atoms with Gasteiger partial charge in [-0.3, -0.25) is 0 Å². The second kappa shape index (κ2) is 4.76. The lowest BCUT2D eigenvalue weighted by molar-refractivity contribution is 0.297. The van der Waals surface area contributed by atoms with Gasteiger partial charge in [-0.25, -0.2) is 4.98 Å². The second-order valence-corrected chi connectivity index (χ2v) is 4.76. The standard InChI is InChI=1S/C16H16N2O/c1-11-5-3-7-13(9-11)19-10-15-17-14-8-4-6-12(2)16(14)18-15/h3-9H,10H2,1-2H3,(H,17,18). The first-order chi connectivity index (χ1) is 9.22. The minimum Gasteiger partial charge on any atom is -0.486 e. The largest absolute Gasteiger partial charge is 0.486 e. The molecule has 0 saturated carbocycles. The number of aryl methyl sites for hydroxylation is 2. The summed E-state index contributed by atoms with van der Waals surface area (Å²) in [6.45, 7) is 4.57. The number of H-pyrrole nitrogens is 1. The smallest absolute Gasteiger partial charge is 0.146 e. The number of aromatic amines is 1. The van der Waals surface area contributed by atoms with Crippen LogP contribution >= 0.6 is 0 Å². The third kappa shape index (κ3) is 2.45. The van der Waals surface area contributed by atoms with Crippen LogP contribution in [0.4, 0.5) is 0 Å². The normalized spacial score (nSPS) is 10.8. The zero-order valence-corrected chi connectivity index (χ0v) is 11.1. The summed E-state index contributed by atoms with van der Waals surface area (Å²) in [5, 5.41) is 0. The number of rotatable bonds is 3. The molecule has 96 valence electrons. The van der Waals surface area contributed by atoms with Crippen LogP contribution in [-0.4, -0.2) is 9.97 Å². The van der Waals surface area contributed by atoms with Gasteiger partial charge in [0.2, 0.25) is 0 Å². The Hall–Kier alpha value is -2.29. The van der Waals surface area contributed by atoms with E-state index in [-0.39, 0.29) is 0 Å². The molecule has 0 radical (unpaired) electrons.